The van der Waals surface area contributed by atoms with Crippen LogP contribution >= 0.6 is 0 Å². The van der Waals surface area contributed by atoms with Crippen molar-refractivity contribution in [3.8, 4) is 0 Å². The third-order valence-electron chi connectivity index (χ3n) is 5.29. The molecular weight excluding hydrogens is 304 g/mol. The second-order valence-electron chi connectivity index (χ2n) is 6.73. The van der Waals surface area contributed by atoms with Crippen LogP contribution in [0, 0.1) is 12.8 Å². The van der Waals surface area contributed by atoms with Gasteiger partial charge in [-0.3, -0.25) is 9.69 Å². The van der Waals surface area contributed by atoms with E-state index in [1.807, 2.05) is 18.7 Å². The molecule has 2 saturated heterocycles. The lowest BCUT2D eigenvalue weighted by atomic mass is 9.99. The molecular formula is C18H28N4O2. The van der Waals surface area contributed by atoms with Gasteiger partial charge in [0, 0.05) is 38.4 Å². The first-order valence-corrected chi connectivity index (χ1v) is 9.07. The average Bonchev–Trinajstić information content (AvgIpc) is 3.06. The first kappa shape index (κ1) is 17.3. The predicted molar refractivity (Wildman–Crippen MR) is 92.0 cm³/mol. The Morgan fingerprint density at radius 3 is 2.71 bits per heavy atom. The van der Waals surface area contributed by atoms with Crippen molar-refractivity contribution in [2.45, 2.75) is 39.7 Å². The van der Waals surface area contributed by atoms with Crippen molar-refractivity contribution >= 4 is 5.91 Å². The van der Waals surface area contributed by atoms with E-state index in [1.165, 1.54) is 0 Å². The van der Waals surface area contributed by atoms with E-state index in [0.717, 1.165) is 63.8 Å². The molecule has 1 aromatic rings. The molecule has 0 radical (unpaired) electrons. The van der Waals surface area contributed by atoms with Gasteiger partial charge in [0.15, 0.2) is 0 Å². The topological polar surface area (TPSA) is 58.6 Å². The van der Waals surface area contributed by atoms with Gasteiger partial charge in [-0.25, -0.2) is 9.97 Å². The van der Waals surface area contributed by atoms with Crippen LogP contribution < -0.4 is 0 Å². The summed E-state index contributed by atoms with van der Waals surface area (Å²) >= 11 is 0. The number of aryl methyl sites for hydroxylation is 2. The zero-order valence-corrected chi connectivity index (χ0v) is 15.0. The lowest BCUT2D eigenvalue weighted by Gasteiger charge is -2.34. The summed E-state index contributed by atoms with van der Waals surface area (Å²) in [5.74, 6) is 1.34. The quantitative estimate of drug-likeness (QED) is 0.837. The molecule has 2 aliphatic rings. The van der Waals surface area contributed by atoms with Crippen LogP contribution in [0.25, 0.3) is 0 Å². The van der Waals surface area contributed by atoms with E-state index in [0.29, 0.717) is 17.5 Å². The number of rotatable bonds is 4. The number of carbonyl (C=O) groups excluding carboxylic acids is 1. The minimum atomic E-state index is 0.0843. The van der Waals surface area contributed by atoms with E-state index < -0.39 is 0 Å². The number of amides is 1. The first-order valence-electron chi connectivity index (χ1n) is 9.07. The molecule has 0 unspecified atom stereocenters. The van der Waals surface area contributed by atoms with Crippen LogP contribution in [-0.4, -0.2) is 71.1 Å². The van der Waals surface area contributed by atoms with Crippen molar-refractivity contribution in [1.82, 2.24) is 19.8 Å². The number of likely N-dealkylation sites (tertiary alicyclic amines) is 1. The van der Waals surface area contributed by atoms with Crippen LogP contribution in [-0.2, 0) is 11.2 Å². The Morgan fingerprint density at radius 2 is 2.04 bits per heavy atom. The number of morpholine rings is 1. The van der Waals surface area contributed by atoms with Crippen molar-refractivity contribution in [2.75, 3.05) is 39.4 Å². The molecule has 132 valence electrons. The van der Waals surface area contributed by atoms with Crippen LogP contribution in [0.1, 0.15) is 42.1 Å². The Kier molecular flexibility index (Phi) is 5.46. The zero-order valence-electron chi connectivity index (χ0n) is 15.0. The highest BCUT2D eigenvalue weighted by Gasteiger charge is 2.38. The maximum absolute atomic E-state index is 13.0. The van der Waals surface area contributed by atoms with Gasteiger partial charge in [-0.05, 0) is 19.3 Å². The molecule has 3 rings (SSSR count). The van der Waals surface area contributed by atoms with E-state index in [1.54, 1.807) is 6.20 Å². The number of aromatic nitrogens is 2. The van der Waals surface area contributed by atoms with Gasteiger partial charge in [0.25, 0.3) is 5.91 Å². The van der Waals surface area contributed by atoms with Crippen LogP contribution in [0.5, 0.6) is 0 Å². The molecule has 2 aliphatic heterocycles. The van der Waals surface area contributed by atoms with Crippen molar-refractivity contribution in [2.24, 2.45) is 5.92 Å². The zero-order chi connectivity index (χ0) is 17.1. The fourth-order valence-electron chi connectivity index (χ4n) is 3.88. The highest BCUT2D eigenvalue weighted by Crippen LogP contribution is 2.27. The van der Waals surface area contributed by atoms with Crippen molar-refractivity contribution in [1.29, 1.82) is 0 Å². The monoisotopic (exact) mass is 332 g/mol. The van der Waals surface area contributed by atoms with Gasteiger partial charge in [-0.15, -0.1) is 0 Å². The van der Waals surface area contributed by atoms with E-state index >= 15 is 0 Å². The molecule has 0 aliphatic carbocycles. The average molecular weight is 332 g/mol. The molecule has 0 bridgehead atoms. The molecule has 0 aromatic carbocycles. The van der Waals surface area contributed by atoms with E-state index in [9.17, 15) is 4.79 Å². The van der Waals surface area contributed by atoms with Crippen LogP contribution in [0.3, 0.4) is 0 Å². The largest absolute Gasteiger partial charge is 0.379 e. The standard InChI is InChI=1S/C18H28N4O2/c1-4-14-11-22(12-17(14)21-6-8-24-9-7-21)18(23)15-10-19-13(3)20-16(15)5-2/h10,14,17H,4-9,11-12H2,1-3H3/t14-,17+/m0/s1. The minimum Gasteiger partial charge on any atom is -0.379 e. The molecule has 2 atom stereocenters. The number of carbonyl (C=O) groups is 1. The first-order chi connectivity index (χ1) is 11.6. The molecule has 6 nitrogen and oxygen atoms in total. The van der Waals surface area contributed by atoms with Gasteiger partial charge >= 0.3 is 0 Å². The SMILES string of the molecule is CCc1nc(C)ncc1C(=O)N1C[C@H](CC)[C@H](N2CCOCC2)C1. The van der Waals surface area contributed by atoms with Crippen LogP contribution in [0.4, 0.5) is 0 Å². The second kappa shape index (κ2) is 7.57. The summed E-state index contributed by atoms with van der Waals surface area (Å²) in [6.45, 7) is 11.3. The molecule has 1 aromatic heterocycles. The number of nitrogens with zero attached hydrogens (tertiary/aromatic N) is 4. The summed E-state index contributed by atoms with van der Waals surface area (Å²) in [4.78, 5) is 26.2. The smallest absolute Gasteiger partial charge is 0.257 e. The minimum absolute atomic E-state index is 0.0843. The normalized spacial score (nSPS) is 25.2. The molecule has 0 spiro atoms. The fraction of sp³-hybridized carbons (Fsp3) is 0.722. The summed E-state index contributed by atoms with van der Waals surface area (Å²) in [6.07, 6.45) is 3.55. The van der Waals surface area contributed by atoms with E-state index in [-0.39, 0.29) is 5.91 Å². The van der Waals surface area contributed by atoms with Gasteiger partial charge in [0.2, 0.25) is 0 Å². The fourth-order valence-corrected chi connectivity index (χ4v) is 3.88. The Bertz CT molecular complexity index is 586. The Labute approximate surface area is 144 Å². The third kappa shape index (κ3) is 3.44. The summed E-state index contributed by atoms with van der Waals surface area (Å²) < 4.78 is 5.47. The van der Waals surface area contributed by atoms with E-state index in [4.69, 9.17) is 4.74 Å². The highest BCUT2D eigenvalue weighted by molar-refractivity contribution is 5.95. The molecule has 2 fully saturated rings. The van der Waals surface area contributed by atoms with Crippen molar-refractivity contribution in [3.05, 3.63) is 23.3 Å². The van der Waals surface area contributed by atoms with Crippen LogP contribution in [0.2, 0.25) is 0 Å². The molecule has 1 amide bonds. The van der Waals surface area contributed by atoms with Gasteiger partial charge in [0.05, 0.1) is 24.5 Å². The molecule has 3 heterocycles. The third-order valence-corrected chi connectivity index (χ3v) is 5.29. The summed E-state index contributed by atoms with van der Waals surface area (Å²) in [6, 6.07) is 0.444. The highest BCUT2D eigenvalue weighted by atomic mass is 16.5. The van der Waals surface area contributed by atoms with Crippen molar-refractivity contribution < 1.29 is 9.53 Å². The maximum atomic E-state index is 13.0. The molecule has 24 heavy (non-hydrogen) atoms. The Balaban J connectivity index is 1.76. The number of hydrogen-bond acceptors (Lipinski definition) is 5. The summed E-state index contributed by atoms with van der Waals surface area (Å²) in [7, 11) is 0. The molecule has 0 N–H and O–H groups in total. The Hall–Kier alpha value is -1.53. The number of hydrogen-bond donors (Lipinski definition) is 0. The van der Waals surface area contributed by atoms with Crippen LogP contribution in [0.15, 0.2) is 6.20 Å². The Morgan fingerprint density at radius 1 is 1.29 bits per heavy atom. The molecule has 0 saturated carbocycles. The molecule has 6 heteroatoms. The predicted octanol–water partition coefficient (Wildman–Crippen LogP) is 1.53. The van der Waals surface area contributed by atoms with Gasteiger partial charge < -0.3 is 9.64 Å². The van der Waals surface area contributed by atoms with Gasteiger partial charge in [-0.1, -0.05) is 20.3 Å². The van der Waals surface area contributed by atoms with Gasteiger partial charge in [-0.2, -0.15) is 0 Å². The van der Waals surface area contributed by atoms with Crippen molar-refractivity contribution in [3.63, 3.8) is 0 Å². The lowest BCUT2D eigenvalue weighted by Crippen LogP contribution is -2.47. The second-order valence-corrected chi connectivity index (χ2v) is 6.73. The number of ether oxygens (including phenoxy) is 1. The lowest BCUT2D eigenvalue weighted by molar-refractivity contribution is 0.0103. The summed E-state index contributed by atoms with van der Waals surface area (Å²) in [5, 5.41) is 0. The maximum Gasteiger partial charge on any atom is 0.257 e. The van der Waals surface area contributed by atoms with Gasteiger partial charge in [0.1, 0.15) is 5.82 Å². The summed E-state index contributed by atoms with van der Waals surface area (Å²) in [5.41, 5.74) is 1.52. The van der Waals surface area contributed by atoms with E-state index in [2.05, 4.69) is 21.8 Å².